The number of aliphatic carboxylic acids is 2. The van der Waals surface area contributed by atoms with Crippen LogP contribution < -0.4 is 20.7 Å². The lowest BCUT2D eigenvalue weighted by Gasteiger charge is -2.50. The topological polar surface area (TPSA) is 191 Å². The molecule has 0 bridgehead atoms. The summed E-state index contributed by atoms with van der Waals surface area (Å²) in [5.41, 5.74) is 6.33. The summed E-state index contributed by atoms with van der Waals surface area (Å²) in [5, 5.41) is 28.4. The van der Waals surface area contributed by atoms with Crippen molar-refractivity contribution in [1.29, 1.82) is 0 Å². The van der Waals surface area contributed by atoms with Gasteiger partial charge in [0.15, 0.2) is 29.8 Å². The number of pyridine rings is 1. The highest BCUT2D eigenvalue weighted by atomic mass is 32.2. The number of carboxylic acids is 2. The van der Waals surface area contributed by atoms with Crippen LogP contribution in [0.5, 0.6) is 0 Å². The van der Waals surface area contributed by atoms with Crippen LogP contribution in [0, 0.1) is 0 Å². The van der Waals surface area contributed by atoms with E-state index < -0.39 is 35.2 Å². The van der Waals surface area contributed by atoms with E-state index in [-0.39, 0.29) is 41.0 Å². The Morgan fingerprint density at radius 3 is 2.86 bits per heavy atom. The fourth-order valence-electron chi connectivity index (χ4n) is 3.87. The summed E-state index contributed by atoms with van der Waals surface area (Å²) in [6, 6.07) is 2.31. The number of hydrogen-bond donors (Lipinski definition) is 3. The quantitative estimate of drug-likeness (QED) is 0.142. The van der Waals surface area contributed by atoms with Gasteiger partial charge >= 0.3 is 5.97 Å². The number of nitrogens with one attached hydrogen (secondary N) is 1. The molecule has 2 atom stereocenters. The first-order chi connectivity index (χ1) is 17.2. The van der Waals surface area contributed by atoms with Gasteiger partial charge in [0.25, 0.3) is 11.8 Å². The minimum atomic E-state index is -1.52. The number of hydrogen-bond acceptors (Lipinski definition) is 11. The van der Waals surface area contributed by atoms with E-state index in [0.717, 1.165) is 16.2 Å². The van der Waals surface area contributed by atoms with Gasteiger partial charge in [0.05, 0.1) is 18.1 Å². The number of amides is 2. The maximum absolute atomic E-state index is 12.9. The molecule has 0 aromatic carbocycles. The Morgan fingerprint density at radius 2 is 2.22 bits per heavy atom. The van der Waals surface area contributed by atoms with Gasteiger partial charge in [-0.15, -0.1) is 23.1 Å². The summed E-state index contributed by atoms with van der Waals surface area (Å²) in [5.74, 6) is -3.60. The Morgan fingerprint density at radius 1 is 1.44 bits per heavy atom. The Balaban J connectivity index is 1.52. The predicted octanol–water partition coefficient (Wildman–Crippen LogP) is -1.91. The molecule has 1 fully saturated rings. The maximum Gasteiger partial charge on any atom is 0.308 e. The van der Waals surface area contributed by atoms with Crippen molar-refractivity contribution in [2.75, 3.05) is 18.6 Å². The summed E-state index contributed by atoms with van der Waals surface area (Å²) in [7, 11) is 1.25. The highest BCUT2D eigenvalue weighted by Crippen LogP contribution is 2.40. The number of oxime groups is 1. The number of carbonyl (C=O) groups excluding carboxylic acids is 3. The Bertz CT molecular complexity index is 1310. The van der Waals surface area contributed by atoms with Gasteiger partial charge < -0.3 is 30.9 Å². The number of nitrogens with zero attached hydrogens (tertiary/aromatic N) is 4. The van der Waals surface area contributed by atoms with Crippen LogP contribution in [0.1, 0.15) is 11.3 Å². The number of carbonyl (C=O) groups is 4. The van der Waals surface area contributed by atoms with E-state index >= 15 is 0 Å². The average molecular weight is 533 g/mol. The number of nitrogens with two attached hydrogens (primary N) is 1. The van der Waals surface area contributed by atoms with E-state index in [4.69, 9.17) is 15.7 Å². The highest BCUT2D eigenvalue weighted by Gasteiger charge is 2.53. The second-order valence-electron chi connectivity index (χ2n) is 7.75. The number of rotatable bonds is 9. The van der Waals surface area contributed by atoms with E-state index in [2.05, 4.69) is 15.5 Å². The third kappa shape index (κ3) is 5.01. The molecule has 0 saturated carbocycles. The molecule has 1 saturated heterocycles. The SMILES string of the molecule is CO/N=C(\C(=O)N[C@@H]1C(=O)N2C(C(=O)[O-])=C(C[n+]3cccc(CC(=O)O)c3)CS[C@H]12)c1csc(N)n1. The number of carboxylic acid groups (broad SMARTS) is 2. The molecule has 0 aliphatic carbocycles. The molecule has 4 rings (SSSR count). The van der Waals surface area contributed by atoms with Crippen molar-refractivity contribution in [3.63, 3.8) is 0 Å². The fourth-order valence-corrected chi connectivity index (χ4v) is 5.75. The van der Waals surface area contributed by atoms with Crippen molar-refractivity contribution < 1.29 is 38.8 Å². The minimum absolute atomic E-state index is 0.118. The molecule has 0 radical (unpaired) electrons. The van der Waals surface area contributed by atoms with E-state index in [1.165, 1.54) is 24.3 Å². The maximum atomic E-state index is 12.9. The van der Waals surface area contributed by atoms with Crippen LogP contribution >= 0.6 is 23.1 Å². The van der Waals surface area contributed by atoms with Crippen molar-refractivity contribution in [2.24, 2.45) is 5.16 Å². The summed E-state index contributed by atoms with van der Waals surface area (Å²) in [4.78, 5) is 58.6. The van der Waals surface area contributed by atoms with Crippen molar-refractivity contribution in [3.8, 4) is 0 Å². The van der Waals surface area contributed by atoms with E-state index in [1.807, 2.05) is 0 Å². The third-order valence-corrected chi connectivity index (χ3v) is 7.35. The molecule has 2 amide bonds. The van der Waals surface area contributed by atoms with E-state index in [9.17, 15) is 24.3 Å². The van der Waals surface area contributed by atoms with Gasteiger partial charge in [-0.2, -0.15) is 0 Å². The Labute approximate surface area is 212 Å². The molecule has 0 spiro atoms. The lowest BCUT2D eigenvalue weighted by molar-refractivity contribution is -0.689. The number of β-lactam (4-membered cyclic amide) rings is 1. The second-order valence-corrected chi connectivity index (χ2v) is 9.74. The smallest absolute Gasteiger partial charge is 0.308 e. The zero-order chi connectivity index (χ0) is 26.0. The number of fused-ring (bicyclic) bond motifs is 1. The normalized spacial score (nSPS) is 19.4. The van der Waals surface area contributed by atoms with Gasteiger partial charge in [-0.1, -0.05) is 5.16 Å². The number of aromatic nitrogens is 2. The average Bonchev–Trinajstić information content (AvgIpc) is 3.25. The van der Waals surface area contributed by atoms with Crippen molar-refractivity contribution in [3.05, 3.63) is 52.4 Å². The predicted molar refractivity (Wildman–Crippen MR) is 125 cm³/mol. The highest BCUT2D eigenvalue weighted by molar-refractivity contribution is 8.00. The molecule has 13 nitrogen and oxygen atoms in total. The largest absolute Gasteiger partial charge is 0.543 e. The third-order valence-electron chi connectivity index (χ3n) is 5.34. The number of thioether (sulfide) groups is 1. The van der Waals surface area contributed by atoms with Crippen LogP contribution in [0.2, 0.25) is 0 Å². The monoisotopic (exact) mass is 532 g/mol. The second kappa shape index (κ2) is 10.3. The number of anilines is 1. The van der Waals surface area contributed by atoms with Crippen LogP contribution in [-0.4, -0.2) is 68.7 Å². The van der Waals surface area contributed by atoms with Crippen LogP contribution in [0.25, 0.3) is 0 Å². The van der Waals surface area contributed by atoms with Gasteiger partial charge in [0.1, 0.15) is 24.2 Å². The minimum Gasteiger partial charge on any atom is -0.543 e. The van der Waals surface area contributed by atoms with Gasteiger partial charge in [0, 0.05) is 28.3 Å². The molecule has 4 heterocycles. The molecule has 2 aliphatic rings. The molecular weight excluding hydrogens is 512 g/mol. The van der Waals surface area contributed by atoms with Crippen LogP contribution in [0.15, 0.2) is 46.3 Å². The molecule has 15 heteroatoms. The lowest BCUT2D eigenvalue weighted by Crippen LogP contribution is -2.71. The molecule has 2 aromatic rings. The first-order valence-corrected chi connectivity index (χ1v) is 12.3. The lowest BCUT2D eigenvalue weighted by atomic mass is 10.0. The van der Waals surface area contributed by atoms with Crippen LogP contribution in [0.3, 0.4) is 0 Å². The zero-order valence-electron chi connectivity index (χ0n) is 18.7. The summed E-state index contributed by atoms with van der Waals surface area (Å²) in [6.45, 7) is 0.118. The van der Waals surface area contributed by atoms with E-state index in [1.54, 1.807) is 29.1 Å². The van der Waals surface area contributed by atoms with Crippen molar-refractivity contribution >= 4 is 57.7 Å². The molecule has 4 N–H and O–H groups in total. The first kappa shape index (κ1) is 25.1. The van der Waals surface area contributed by atoms with Crippen molar-refractivity contribution in [2.45, 2.75) is 24.4 Å². The molecule has 36 heavy (non-hydrogen) atoms. The van der Waals surface area contributed by atoms with Gasteiger partial charge in [0.2, 0.25) is 0 Å². The molecule has 2 aliphatic heterocycles. The number of thiazole rings is 1. The summed E-state index contributed by atoms with van der Waals surface area (Å²) in [6.07, 6.45) is 3.09. The molecule has 2 aromatic heterocycles. The fraction of sp³-hybridized carbons (Fsp3) is 0.286. The standard InChI is InChI=1S/C21H20N6O7S2/c1-34-25-14(12-9-36-21(22)23-12)17(30)24-15-18(31)27-16(20(32)33)11(8-35-19(15)27)7-26-4-2-3-10(6-26)5-13(28)29/h2-4,6,9,15,19H,5,7-8H2,1H3,(H4-,22,23,24,28,29,30,32,33)/b25-14-/t15-,19-/m1/s1. The summed E-state index contributed by atoms with van der Waals surface area (Å²) < 4.78 is 1.65. The number of nitrogen functional groups attached to an aromatic ring is 1. The van der Waals surface area contributed by atoms with Crippen LogP contribution in [0.4, 0.5) is 5.13 Å². The van der Waals surface area contributed by atoms with Gasteiger partial charge in [-0.3, -0.25) is 19.3 Å². The molecule has 188 valence electrons. The Kier molecular flexibility index (Phi) is 7.21. The first-order valence-electron chi connectivity index (χ1n) is 10.4. The Hall–Kier alpha value is -3.98. The summed E-state index contributed by atoms with van der Waals surface area (Å²) >= 11 is 2.39. The zero-order valence-corrected chi connectivity index (χ0v) is 20.4. The van der Waals surface area contributed by atoms with E-state index in [0.29, 0.717) is 11.1 Å². The van der Waals surface area contributed by atoms with Gasteiger partial charge in [-0.05, 0) is 6.07 Å². The van der Waals surface area contributed by atoms with Crippen molar-refractivity contribution in [1.82, 2.24) is 15.2 Å². The molecule has 0 unspecified atom stereocenters. The van der Waals surface area contributed by atoms with Crippen LogP contribution in [-0.2, 0) is 37.0 Å². The molecular formula is C21H20N6O7S2. The van der Waals surface area contributed by atoms with Gasteiger partial charge in [-0.25, -0.2) is 9.55 Å².